The van der Waals surface area contributed by atoms with Crippen LogP contribution in [-0.2, 0) is 26.7 Å². The van der Waals surface area contributed by atoms with E-state index in [0.29, 0.717) is 17.2 Å². The molecule has 4 heterocycles. The second kappa shape index (κ2) is 8.37. The maximum Gasteiger partial charge on any atom is 0.261 e. The first kappa shape index (κ1) is 21.4. The smallest absolute Gasteiger partial charge is 0.261 e. The molecule has 1 saturated heterocycles. The molecule has 162 valence electrons. The minimum atomic E-state index is -3.27. The van der Waals surface area contributed by atoms with E-state index in [0.717, 1.165) is 25.9 Å². The number of fused-ring (bicyclic) bond motifs is 2. The third-order valence-corrected chi connectivity index (χ3v) is 8.97. The van der Waals surface area contributed by atoms with Crippen molar-refractivity contribution in [3.8, 4) is 0 Å². The number of carbonyl (C=O) groups is 1. The number of ether oxygens (including phenoxy) is 1. The van der Waals surface area contributed by atoms with Crippen LogP contribution in [0.15, 0.2) is 29.3 Å². The molecule has 9 heteroatoms. The molecular formula is C21H27N3O4S2. The third kappa shape index (κ3) is 4.03. The molecule has 7 nitrogen and oxygen atoms in total. The fourth-order valence-electron chi connectivity index (χ4n) is 4.01. The van der Waals surface area contributed by atoms with Crippen LogP contribution in [0.25, 0.3) is 0 Å². The van der Waals surface area contributed by atoms with E-state index in [1.807, 2.05) is 6.07 Å². The van der Waals surface area contributed by atoms with Crippen molar-refractivity contribution in [2.75, 3.05) is 25.4 Å². The fourth-order valence-corrected chi connectivity index (χ4v) is 6.22. The third-order valence-electron chi connectivity index (χ3n) is 5.92. The van der Waals surface area contributed by atoms with Crippen molar-refractivity contribution >= 4 is 27.1 Å². The highest BCUT2D eigenvalue weighted by molar-refractivity contribution is 7.91. The van der Waals surface area contributed by atoms with Crippen LogP contribution in [0.2, 0.25) is 0 Å². The Morgan fingerprint density at radius 2 is 2.13 bits per heavy atom. The summed E-state index contributed by atoms with van der Waals surface area (Å²) in [6.07, 6.45) is 3.19. The van der Waals surface area contributed by atoms with Gasteiger partial charge in [-0.2, -0.15) is 0 Å². The van der Waals surface area contributed by atoms with Crippen LogP contribution in [0.4, 0.5) is 0 Å². The van der Waals surface area contributed by atoms with Gasteiger partial charge in [0.15, 0.2) is 9.84 Å². The van der Waals surface area contributed by atoms with E-state index in [-0.39, 0.29) is 34.6 Å². The van der Waals surface area contributed by atoms with Gasteiger partial charge in [-0.15, -0.1) is 11.3 Å². The molecule has 0 saturated carbocycles. The van der Waals surface area contributed by atoms with Crippen molar-refractivity contribution in [1.82, 2.24) is 15.6 Å². The summed E-state index contributed by atoms with van der Waals surface area (Å²) in [6.45, 7) is 6.50. The van der Waals surface area contributed by atoms with Gasteiger partial charge < -0.3 is 15.4 Å². The summed E-state index contributed by atoms with van der Waals surface area (Å²) in [6, 6.07) is 5.19. The lowest BCUT2D eigenvalue weighted by Gasteiger charge is -2.42. The zero-order chi connectivity index (χ0) is 21.4. The molecule has 0 aliphatic carbocycles. The lowest BCUT2D eigenvalue weighted by Crippen LogP contribution is -2.44. The monoisotopic (exact) mass is 449 g/mol. The van der Waals surface area contributed by atoms with Gasteiger partial charge in [0, 0.05) is 17.0 Å². The molecule has 1 spiro atoms. The number of sulfone groups is 1. The standard InChI is InChI=1S/C21H27N3O4S2/c1-3-30(26,27)16-5-4-15(23-12-16)11-24-20(25)18-10-17-14(2)13-28-21(19(17)29-18)6-8-22-9-7-21/h4-5,10,12,14,22H,3,6-9,11,13H2,1-2H3,(H,24,25). The fraction of sp³-hybridized carbons (Fsp3) is 0.524. The first-order chi connectivity index (χ1) is 14.3. The number of rotatable bonds is 5. The highest BCUT2D eigenvalue weighted by Gasteiger charge is 2.43. The number of hydrogen-bond acceptors (Lipinski definition) is 7. The van der Waals surface area contributed by atoms with Gasteiger partial charge in [0.25, 0.3) is 5.91 Å². The van der Waals surface area contributed by atoms with Gasteiger partial charge in [0.05, 0.1) is 34.4 Å². The molecular weight excluding hydrogens is 422 g/mol. The van der Waals surface area contributed by atoms with Gasteiger partial charge in [-0.05, 0) is 49.7 Å². The maximum absolute atomic E-state index is 12.8. The molecule has 30 heavy (non-hydrogen) atoms. The molecule has 2 N–H and O–H groups in total. The predicted molar refractivity (Wildman–Crippen MR) is 116 cm³/mol. The summed E-state index contributed by atoms with van der Waals surface area (Å²) in [7, 11) is -3.27. The average molecular weight is 450 g/mol. The molecule has 2 aromatic heterocycles. The Morgan fingerprint density at radius 3 is 2.80 bits per heavy atom. The number of amides is 1. The van der Waals surface area contributed by atoms with Gasteiger partial charge >= 0.3 is 0 Å². The number of carbonyl (C=O) groups excluding carboxylic acids is 1. The highest BCUT2D eigenvalue weighted by atomic mass is 32.2. The van der Waals surface area contributed by atoms with Crippen LogP contribution < -0.4 is 10.6 Å². The Bertz CT molecular complexity index is 1030. The Morgan fingerprint density at radius 1 is 1.37 bits per heavy atom. The van der Waals surface area contributed by atoms with Crippen molar-refractivity contribution < 1.29 is 17.9 Å². The lowest BCUT2D eigenvalue weighted by molar-refractivity contribution is -0.0842. The van der Waals surface area contributed by atoms with Crippen molar-refractivity contribution in [2.45, 2.75) is 49.6 Å². The van der Waals surface area contributed by atoms with E-state index in [1.54, 1.807) is 13.0 Å². The van der Waals surface area contributed by atoms with Gasteiger partial charge in [0.2, 0.25) is 0 Å². The molecule has 1 fully saturated rings. The average Bonchev–Trinajstić information content (AvgIpc) is 3.23. The topological polar surface area (TPSA) is 97.4 Å². The van der Waals surface area contributed by atoms with Crippen LogP contribution in [0, 0.1) is 0 Å². The summed E-state index contributed by atoms with van der Waals surface area (Å²) in [5.74, 6) is 0.166. The number of piperidine rings is 1. The molecule has 1 amide bonds. The van der Waals surface area contributed by atoms with Gasteiger partial charge in [-0.1, -0.05) is 13.8 Å². The Hall–Kier alpha value is -1.81. The van der Waals surface area contributed by atoms with Crippen molar-refractivity contribution in [2.24, 2.45) is 0 Å². The number of nitrogens with zero attached hydrogens (tertiary/aromatic N) is 1. The summed E-state index contributed by atoms with van der Waals surface area (Å²) >= 11 is 1.53. The van der Waals surface area contributed by atoms with Crippen LogP contribution in [-0.4, -0.2) is 44.8 Å². The van der Waals surface area contributed by atoms with Crippen LogP contribution >= 0.6 is 11.3 Å². The summed E-state index contributed by atoms with van der Waals surface area (Å²) in [5, 5.41) is 6.29. The molecule has 1 atom stereocenters. The van der Waals surface area contributed by atoms with Crippen LogP contribution in [0.5, 0.6) is 0 Å². The number of nitrogens with one attached hydrogen (secondary N) is 2. The Labute approximate surface area is 181 Å². The van der Waals surface area contributed by atoms with E-state index >= 15 is 0 Å². The van der Waals surface area contributed by atoms with E-state index in [1.165, 1.54) is 34.0 Å². The summed E-state index contributed by atoms with van der Waals surface area (Å²) < 4.78 is 30.1. The van der Waals surface area contributed by atoms with E-state index < -0.39 is 9.84 Å². The predicted octanol–water partition coefficient (Wildman–Crippen LogP) is 2.58. The van der Waals surface area contributed by atoms with Crippen LogP contribution in [0.1, 0.15) is 58.4 Å². The lowest BCUT2D eigenvalue weighted by atomic mass is 9.83. The SMILES string of the molecule is CCS(=O)(=O)c1ccc(CNC(=O)c2cc3c(s2)C2(CCNCC2)OCC3C)nc1. The van der Waals surface area contributed by atoms with Crippen LogP contribution in [0.3, 0.4) is 0 Å². The molecule has 2 aromatic rings. The number of pyridine rings is 1. The molecule has 0 aromatic carbocycles. The second-order valence-electron chi connectivity index (χ2n) is 7.92. The van der Waals surface area contributed by atoms with Gasteiger partial charge in [-0.25, -0.2) is 8.42 Å². The Balaban J connectivity index is 1.48. The molecule has 2 aliphatic heterocycles. The molecule has 1 unspecified atom stereocenters. The van der Waals surface area contributed by atoms with E-state index in [2.05, 4.69) is 22.5 Å². The second-order valence-corrected chi connectivity index (χ2v) is 11.3. The zero-order valence-corrected chi connectivity index (χ0v) is 18.9. The largest absolute Gasteiger partial charge is 0.369 e. The minimum Gasteiger partial charge on any atom is -0.369 e. The maximum atomic E-state index is 12.8. The van der Waals surface area contributed by atoms with Crippen molar-refractivity contribution in [3.05, 3.63) is 45.4 Å². The van der Waals surface area contributed by atoms with Crippen molar-refractivity contribution in [1.29, 1.82) is 0 Å². The summed E-state index contributed by atoms with van der Waals surface area (Å²) in [4.78, 5) is 19.1. The zero-order valence-electron chi connectivity index (χ0n) is 17.2. The van der Waals surface area contributed by atoms with E-state index in [9.17, 15) is 13.2 Å². The summed E-state index contributed by atoms with van der Waals surface area (Å²) in [5.41, 5.74) is 1.58. The van der Waals surface area contributed by atoms with Gasteiger partial charge in [0.1, 0.15) is 5.60 Å². The quantitative estimate of drug-likeness (QED) is 0.728. The first-order valence-electron chi connectivity index (χ1n) is 10.3. The van der Waals surface area contributed by atoms with Crippen molar-refractivity contribution in [3.63, 3.8) is 0 Å². The highest BCUT2D eigenvalue weighted by Crippen LogP contribution is 2.47. The number of thiophene rings is 1. The molecule has 4 rings (SSSR count). The normalized spacial score (nSPS) is 20.7. The Kier molecular flexibility index (Phi) is 5.98. The first-order valence-corrected chi connectivity index (χ1v) is 12.8. The minimum absolute atomic E-state index is 0.0352. The number of hydrogen-bond donors (Lipinski definition) is 2. The van der Waals surface area contributed by atoms with E-state index in [4.69, 9.17) is 4.74 Å². The molecule has 2 aliphatic rings. The van der Waals surface area contributed by atoms with Gasteiger partial charge in [-0.3, -0.25) is 9.78 Å². The molecule has 0 radical (unpaired) electrons. The number of aromatic nitrogens is 1. The molecule has 0 bridgehead atoms.